The van der Waals surface area contributed by atoms with Gasteiger partial charge < -0.3 is 5.11 Å². The minimum atomic E-state index is -0.679. The fraction of sp³-hybridized carbons (Fsp3) is 0.286. The van der Waals surface area contributed by atoms with Crippen molar-refractivity contribution in [3.8, 4) is 22.6 Å². The predicted molar refractivity (Wildman–Crippen MR) is 131 cm³/mol. The molecule has 2 aromatic heterocycles. The number of pyridine rings is 1. The molecule has 0 saturated heterocycles. The Kier molecular flexibility index (Phi) is 6.47. The normalized spacial score (nSPS) is 18.0. The first-order valence-electron chi connectivity index (χ1n) is 11.9. The van der Waals surface area contributed by atoms with Crippen LogP contribution in [0.2, 0.25) is 0 Å². The van der Waals surface area contributed by atoms with Crippen molar-refractivity contribution in [1.82, 2.24) is 20.2 Å². The van der Waals surface area contributed by atoms with E-state index >= 15 is 0 Å². The summed E-state index contributed by atoms with van der Waals surface area (Å²) in [5.74, 6) is 1.65. The smallest absolute Gasteiger partial charge is 0.303 e. The number of hydrogen-bond acceptors (Lipinski definition) is 4. The van der Waals surface area contributed by atoms with Crippen LogP contribution in [-0.2, 0) is 11.2 Å². The van der Waals surface area contributed by atoms with E-state index in [1.165, 1.54) is 11.1 Å². The molecule has 2 heterocycles. The van der Waals surface area contributed by atoms with Crippen LogP contribution in [0.15, 0.2) is 72.9 Å². The number of benzene rings is 2. The van der Waals surface area contributed by atoms with Crippen molar-refractivity contribution in [2.75, 3.05) is 0 Å². The Labute approximate surface area is 199 Å². The van der Waals surface area contributed by atoms with Crippen LogP contribution in [0.1, 0.15) is 55.0 Å². The Hall–Kier alpha value is -3.80. The SMILES string of the molecule is O=C(O)CC1CCC(c2ccc(-c3ccc(-c4n[nH]c(Cc5ccccc5)n4)cn3)cc2)CC1. The van der Waals surface area contributed by atoms with Gasteiger partial charge in [0.2, 0.25) is 0 Å². The van der Waals surface area contributed by atoms with E-state index in [1.54, 1.807) is 0 Å². The number of aromatic amines is 1. The average Bonchev–Trinajstić information content (AvgIpc) is 3.33. The second-order valence-corrected chi connectivity index (χ2v) is 9.14. The van der Waals surface area contributed by atoms with Gasteiger partial charge in [0.15, 0.2) is 5.82 Å². The van der Waals surface area contributed by atoms with E-state index < -0.39 is 5.97 Å². The highest BCUT2D eigenvalue weighted by Gasteiger charge is 2.24. The minimum absolute atomic E-state index is 0.301. The van der Waals surface area contributed by atoms with E-state index in [1.807, 2.05) is 36.5 Å². The first-order chi connectivity index (χ1) is 16.6. The fourth-order valence-corrected chi connectivity index (χ4v) is 4.86. The summed E-state index contributed by atoms with van der Waals surface area (Å²) in [5.41, 5.74) is 5.40. The van der Waals surface area contributed by atoms with Gasteiger partial charge in [-0.1, -0.05) is 54.6 Å². The van der Waals surface area contributed by atoms with E-state index in [2.05, 4.69) is 56.6 Å². The zero-order chi connectivity index (χ0) is 23.3. The molecule has 1 aliphatic carbocycles. The molecule has 6 heteroatoms. The lowest BCUT2D eigenvalue weighted by molar-refractivity contribution is -0.138. The van der Waals surface area contributed by atoms with Crippen LogP contribution in [0.3, 0.4) is 0 Å². The fourth-order valence-electron chi connectivity index (χ4n) is 4.86. The molecule has 0 bridgehead atoms. The molecule has 34 heavy (non-hydrogen) atoms. The number of hydrogen-bond donors (Lipinski definition) is 2. The molecule has 1 saturated carbocycles. The van der Waals surface area contributed by atoms with E-state index in [0.29, 0.717) is 30.5 Å². The number of nitrogens with zero attached hydrogens (tertiary/aromatic N) is 3. The summed E-state index contributed by atoms with van der Waals surface area (Å²) in [5, 5.41) is 16.4. The Balaban J connectivity index is 1.22. The van der Waals surface area contributed by atoms with Crippen molar-refractivity contribution in [2.24, 2.45) is 5.92 Å². The summed E-state index contributed by atoms with van der Waals surface area (Å²) >= 11 is 0. The summed E-state index contributed by atoms with van der Waals surface area (Å²) in [4.78, 5) is 20.2. The Morgan fingerprint density at radius 2 is 1.65 bits per heavy atom. The Morgan fingerprint density at radius 3 is 2.32 bits per heavy atom. The number of aromatic nitrogens is 4. The highest BCUT2D eigenvalue weighted by molar-refractivity contribution is 5.67. The molecule has 172 valence electrons. The van der Waals surface area contributed by atoms with Crippen LogP contribution >= 0.6 is 0 Å². The number of aliphatic carboxylic acids is 1. The van der Waals surface area contributed by atoms with E-state index in [0.717, 1.165) is 48.3 Å². The lowest BCUT2D eigenvalue weighted by Gasteiger charge is -2.28. The monoisotopic (exact) mass is 452 g/mol. The number of carbonyl (C=O) groups is 1. The quantitative estimate of drug-likeness (QED) is 0.366. The van der Waals surface area contributed by atoms with Crippen LogP contribution in [0.4, 0.5) is 0 Å². The maximum atomic E-state index is 10.9. The summed E-state index contributed by atoms with van der Waals surface area (Å²) in [7, 11) is 0. The molecule has 0 spiro atoms. The average molecular weight is 453 g/mol. The van der Waals surface area contributed by atoms with Crippen molar-refractivity contribution in [3.63, 3.8) is 0 Å². The summed E-state index contributed by atoms with van der Waals surface area (Å²) in [6, 6.07) is 22.9. The van der Waals surface area contributed by atoms with E-state index in [4.69, 9.17) is 5.11 Å². The molecule has 2 N–H and O–H groups in total. The van der Waals surface area contributed by atoms with E-state index in [-0.39, 0.29) is 0 Å². The molecule has 1 fully saturated rings. The molecule has 0 amide bonds. The molecular weight excluding hydrogens is 424 g/mol. The molecule has 1 aliphatic rings. The molecule has 2 aromatic carbocycles. The maximum absolute atomic E-state index is 10.9. The second kappa shape index (κ2) is 10.00. The Bertz CT molecular complexity index is 1230. The molecule has 0 unspecified atom stereocenters. The molecule has 0 aliphatic heterocycles. The maximum Gasteiger partial charge on any atom is 0.303 e. The molecule has 0 atom stereocenters. The van der Waals surface area contributed by atoms with Crippen molar-refractivity contribution < 1.29 is 9.90 Å². The third-order valence-electron chi connectivity index (χ3n) is 6.76. The van der Waals surface area contributed by atoms with Crippen LogP contribution in [0.5, 0.6) is 0 Å². The summed E-state index contributed by atoms with van der Waals surface area (Å²) in [6.45, 7) is 0. The van der Waals surface area contributed by atoms with Gasteiger partial charge in [0.05, 0.1) is 5.69 Å². The van der Waals surface area contributed by atoms with Gasteiger partial charge in [-0.3, -0.25) is 14.9 Å². The van der Waals surface area contributed by atoms with Crippen molar-refractivity contribution in [2.45, 2.75) is 44.4 Å². The minimum Gasteiger partial charge on any atom is -0.481 e. The molecule has 4 aromatic rings. The zero-order valence-electron chi connectivity index (χ0n) is 19.0. The van der Waals surface area contributed by atoms with Gasteiger partial charge in [0.1, 0.15) is 5.82 Å². The van der Waals surface area contributed by atoms with Crippen LogP contribution < -0.4 is 0 Å². The number of rotatable bonds is 7. The predicted octanol–water partition coefficient (Wildman–Crippen LogP) is 5.87. The third kappa shape index (κ3) is 5.22. The standard InChI is InChI=1S/C28H28N4O2/c33-27(34)17-20-6-8-21(9-7-20)22-10-12-23(13-11-22)25-15-14-24(18-29-25)28-30-26(31-32-28)16-19-4-2-1-3-5-19/h1-5,10-15,18,20-21H,6-9,16-17H2,(H,33,34)(H,30,31,32). The van der Waals surface area contributed by atoms with Gasteiger partial charge in [-0.25, -0.2) is 4.98 Å². The van der Waals surface area contributed by atoms with Gasteiger partial charge in [0.25, 0.3) is 0 Å². The number of carboxylic acids is 1. The number of carboxylic acid groups (broad SMARTS) is 1. The van der Waals surface area contributed by atoms with Crippen molar-refractivity contribution in [1.29, 1.82) is 0 Å². The van der Waals surface area contributed by atoms with Gasteiger partial charge in [-0.05, 0) is 60.8 Å². The van der Waals surface area contributed by atoms with Gasteiger partial charge in [-0.15, -0.1) is 0 Å². The molecule has 5 rings (SSSR count). The van der Waals surface area contributed by atoms with Gasteiger partial charge >= 0.3 is 5.97 Å². The number of H-pyrrole nitrogens is 1. The highest BCUT2D eigenvalue weighted by atomic mass is 16.4. The third-order valence-corrected chi connectivity index (χ3v) is 6.76. The largest absolute Gasteiger partial charge is 0.481 e. The first-order valence-corrected chi connectivity index (χ1v) is 11.9. The lowest BCUT2D eigenvalue weighted by Crippen LogP contribution is -2.16. The topological polar surface area (TPSA) is 91.8 Å². The Morgan fingerprint density at radius 1 is 0.912 bits per heavy atom. The second-order valence-electron chi connectivity index (χ2n) is 9.14. The van der Waals surface area contributed by atoms with Crippen LogP contribution in [-0.4, -0.2) is 31.2 Å². The summed E-state index contributed by atoms with van der Waals surface area (Å²) in [6.07, 6.45) is 6.96. The number of nitrogens with one attached hydrogen (secondary N) is 1. The van der Waals surface area contributed by atoms with Gasteiger partial charge in [-0.2, -0.15) is 5.10 Å². The zero-order valence-corrected chi connectivity index (χ0v) is 19.0. The van der Waals surface area contributed by atoms with Crippen LogP contribution in [0, 0.1) is 5.92 Å². The molecular formula is C28H28N4O2. The van der Waals surface area contributed by atoms with Crippen LogP contribution in [0.25, 0.3) is 22.6 Å². The molecule has 0 radical (unpaired) electrons. The molecule has 6 nitrogen and oxygen atoms in total. The van der Waals surface area contributed by atoms with E-state index in [9.17, 15) is 4.79 Å². The first kappa shape index (κ1) is 22.0. The van der Waals surface area contributed by atoms with Crippen molar-refractivity contribution >= 4 is 5.97 Å². The lowest BCUT2D eigenvalue weighted by atomic mass is 9.77. The van der Waals surface area contributed by atoms with Gasteiger partial charge in [0, 0.05) is 30.2 Å². The van der Waals surface area contributed by atoms with Crippen molar-refractivity contribution in [3.05, 3.63) is 89.9 Å². The summed E-state index contributed by atoms with van der Waals surface area (Å²) < 4.78 is 0. The highest BCUT2D eigenvalue weighted by Crippen LogP contribution is 2.37.